The summed E-state index contributed by atoms with van der Waals surface area (Å²) >= 11 is 0. The van der Waals surface area contributed by atoms with E-state index in [9.17, 15) is 9.59 Å². The SMILES string of the molecule is CC(=O)Nc1ccccc1OCC(=O)NC[C@@H]1COc2ccccc2O1. The Morgan fingerprint density at radius 3 is 2.65 bits per heavy atom. The third-order valence-electron chi connectivity index (χ3n) is 3.65. The van der Waals surface area contributed by atoms with Crippen molar-refractivity contribution in [1.82, 2.24) is 5.32 Å². The number of amides is 2. The van der Waals surface area contributed by atoms with Crippen LogP contribution in [0.1, 0.15) is 6.92 Å². The van der Waals surface area contributed by atoms with Gasteiger partial charge in [-0.3, -0.25) is 9.59 Å². The smallest absolute Gasteiger partial charge is 0.258 e. The molecule has 0 saturated carbocycles. The Morgan fingerprint density at radius 2 is 1.85 bits per heavy atom. The quantitative estimate of drug-likeness (QED) is 0.827. The molecule has 7 nitrogen and oxygen atoms in total. The fourth-order valence-corrected chi connectivity index (χ4v) is 2.47. The molecule has 1 atom stereocenters. The van der Waals surface area contributed by atoms with Gasteiger partial charge in [0.2, 0.25) is 5.91 Å². The van der Waals surface area contributed by atoms with Gasteiger partial charge in [0.15, 0.2) is 18.1 Å². The first-order chi connectivity index (χ1) is 12.6. The predicted molar refractivity (Wildman–Crippen MR) is 95.6 cm³/mol. The van der Waals surface area contributed by atoms with Crippen molar-refractivity contribution >= 4 is 17.5 Å². The van der Waals surface area contributed by atoms with Crippen LogP contribution in [0.2, 0.25) is 0 Å². The van der Waals surface area contributed by atoms with Gasteiger partial charge in [0.05, 0.1) is 12.2 Å². The lowest BCUT2D eigenvalue weighted by Crippen LogP contribution is -2.42. The number of rotatable bonds is 6. The van der Waals surface area contributed by atoms with E-state index in [0.717, 1.165) is 0 Å². The highest BCUT2D eigenvalue weighted by Crippen LogP contribution is 2.30. The number of carbonyl (C=O) groups excluding carboxylic acids is 2. The molecule has 3 rings (SSSR count). The average Bonchev–Trinajstić information content (AvgIpc) is 2.65. The third kappa shape index (κ3) is 4.66. The Kier molecular flexibility index (Phi) is 5.58. The van der Waals surface area contributed by atoms with Crippen LogP contribution in [0.25, 0.3) is 0 Å². The van der Waals surface area contributed by atoms with Crippen molar-refractivity contribution in [1.29, 1.82) is 0 Å². The maximum Gasteiger partial charge on any atom is 0.258 e. The minimum absolute atomic E-state index is 0.166. The van der Waals surface area contributed by atoms with E-state index in [1.807, 2.05) is 24.3 Å². The Bertz CT molecular complexity index is 793. The van der Waals surface area contributed by atoms with Crippen LogP contribution in [0.3, 0.4) is 0 Å². The summed E-state index contributed by atoms with van der Waals surface area (Å²) in [6.45, 7) is 1.92. The van der Waals surface area contributed by atoms with Gasteiger partial charge in [-0.25, -0.2) is 0 Å². The Morgan fingerprint density at radius 1 is 1.12 bits per heavy atom. The van der Waals surface area contributed by atoms with Crippen molar-refractivity contribution in [2.75, 3.05) is 25.1 Å². The number of ether oxygens (including phenoxy) is 3. The van der Waals surface area contributed by atoms with E-state index in [2.05, 4.69) is 10.6 Å². The lowest BCUT2D eigenvalue weighted by Gasteiger charge is -2.26. The van der Waals surface area contributed by atoms with Crippen LogP contribution in [0.15, 0.2) is 48.5 Å². The number of hydrogen-bond donors (Lipinski definition) is 2. The average molecular weight is 356 g/mol. The van der Waals surface area contributed by atoms with Gasteiger partial charge < -0.3 is 24.8 Å². The first kappa shape index (κ1) is 17.6. The van der Waals surface area contributed by atoms with Crippen LogP contribution in [0.5, 0.6) is 17.2 Å². The summed E-state index contributed by atoms with van der Waals surface area (Å²) in [7, 11) is 0. The molecular formula is C19H20N2O5. The van der Waals surface area contributed by atoms with Gasteiger partial charge in [-0.2, -0.15) is 0 Å². The molecule has 0 spiro atoms. The fourth-order valence-electron chi connectivity index (χ4n) is 2.47. The molecule has 0 aliphatic carbocycles. The van der Waals surface area contributed by atoms with E-state index >= 15 is 0 Å². The highest BCUT2D eigenvalue weighted by Gasteiger charge is 2.21. The number of anilines is 1. The van der Waals surface area contributed by atoms with E-state index in [0.29, 0.717) is 36.1 Å². The number of hydrogen-bond acceptors (Lipinski definition) is 5. The van der Waals surface area contributed by atoms with Gasteiger partial charge in [0.25, 0.3) is 5.91 Å². The predicted octanol–water partition coefficient (Wildman–Crippen LogP) is 1.98. The van der Waals surface area contributed by atoms with E-state index in [4.69, 9.17) is 14.2 Å². The fraction of sp³-hybridized carbons (Fsp3) is 0.263. The second-order valence-electron chi connectivity index (χ2n) is 5.77. The molecule has 0 radical (unpaired) electrons. The number of para-hydroxylation sites is 4. The number of nitrogens with one attached hydrogen (secondary N) is 2. The van der Waals surface area contributed by atoms with Crippen molar-refractivity contribution in [3.8, 4) is 17.2 Å². The minimum atomic E-state index is -0.287. The molecular weight excluding hydrogens is 336 g/mol. The summed E-state index contributed by atoms with van der Waals surface area (Å²) < 4.78 is 16.9. The zero-order valence-corrected chi connectivity index (χ0v) is 14.4. The van der Waals surface area contributed by atoms with Crippen LogP contribution in [0.4, 0.5) is 5.69 Å². The van der Waals surface area contributed by atoms with Crippen LogP contribution in [0, 0.1) is 0 Å². The summed E-state index contributed by atoms with van der Waals surface area (Å²) in [6, 6.07) is 14.3. The number of benzene rings is 2. The van der Waals surface area contributed by atoms with Gasteiger partial charge in [-0.05, 0) is 24.3 Å². The molecule has 2 aromatic rings. The monoisotopic (exact) mass is 356 g/mol. The normalized spacial score (nSPS) is 15.0. The summed E-state index contributed by atoms with van der Waals surface area (Å²) in [5.74, 6) is 1.31. The lowest BCUT2D eigenvalue weighted by atomic mass is 10.2. The van der Waals surface area contributed by atoms with Gasteiger partial charge in [-0.15, -0.1) is 0 Å². The van der Waals surface area contributed by atoms with Crippen LogP contribution < -0.4 is 24.8 Å². The van der Waals surface area contributed by atoms with Crippen LogP contribution in [-0.2, 0) is 9.59 Å². The first-order valence-corrected chi connectivity index (χ1v) is 8.26. The summed E-state index contributed by atoms with van der Waals surface area (Å²) in [5, 5.41) is 5.42. The molecule has 0 saturated heterocycles. The van der Waals surface area contributed by atoms with E-state index in [1.165, 1.54) is 6.92 Å². The molecule has 0 unspecified atom stereocenters. The Balaban J connectivity index is 1.46. The molecule has 2 N–H and O–H groups in total. The number of fused-ring (bicyclic) bond motifs is 1. The summed E-state index contributed by atoms with van der Waals surface area (Å²) in [5.41, 5.74) is 0.522. The molecule has 136 valence electrons. The Hall–Kier alpha value is -3.22. The van der Waals surface area contributed by atoms with Crippen LogP contribution >= 0.6 is 0 Å². The molecule has 7 heteroatoms. The lowest BCUT2D eigenvalue weighted by molar-refractivity contribution is -0.123. The van der Waals surface area contributed by atoms with Crippen molar-refractivity contribution in [2.24, 2.45) is 0 Å². The van der Waals surface area contributed by atoms with E-state index in [1.54, 1.807) is 24.3 Å². The largest absolute Gasteiger partial charge is 0.486 e. The maximum atomic E-state index is 12.0. The molecule has 0 aromatic heterocycles. The topological polar surface area (TPSA) is 85.9 Å². The molecule has 26 heavy (non-hydrogen) atoms. The third-order valence-corrected chi connectivity index (χ3v) is 3.65. The van der Waals surface area contributed by atoms with Crippen molar-refractivity contribution in [3.05, 3.63) is 48.5 Å². The maximum absolute atomic E-state index is 12.0. The molecule has 2 amide bonds. The van der Waals surface area contributed by atoms with Gasteiger partial charge in [0, 0.05) is 6.92 Å². The van der Waals surface area contributed by atoms with Crippen molar-refractivity contribution < 1.29 is 23.8 Å². The zero-order valence-electron chi connectivity index (χ0n) is 14.4. The molecule has 0 bridgehead atoms. The molecule has 2 aromatic carbocycles. The highest BCUT2D eigenvalue weighted by molar-refractivity contribution is 5.90. The van der Waals surface area contributed by atoms with E-state index in [-0.39, 0.29) is 24.5 Å². The summed E-state index contributed by atoms with van der Waals surface area (Å²) in [4.78, 5) is 23.2. The van der Waals surface area contributed by atoms with Gasteiger partial charge in [0.1, 0.15) is 18.5 Å². The summed E-state index contributed by atoms with van der Waals surface area (Å²) in [6.07, 6.45) is -0.263. The second-order valence-corrected chi connectivity index (χ2v) is 5.77. The Labute approximate surface area is 151 Å². The van der Waals surface area contributed by atoms with Gasteiger partial charge >= 0.3 is 0 Å². The second kappa shape index (κ2) is 8.24. The van der Waals surface area contributed by atoms with Crippen molar-refractivity contribution in [3.63, 3.8) is 0 Å². The highest BCUT2D eigenvalue weighted by atomic mass is 16.6. The molecule has 1 aliphatic heterocycles. The minimum Gasteiger partial charge on any atom is -0.486 e. The van der Waals surface area contributed by atoms with Crippen molar-refractivity contribution in [2.45, 2.75) is 13.0 Å². The standard InChI is InChI=1S/C19H20N2O5/c1-13(22)21-15-6-2-3-7-16(15)25-12-19(23)20-10-14-11-24-17-8-4-5-9-18(17)26-14/h2-9,14H,10-12H2,1H3,(H,20,23)(H,21,22)/t14-/m1/s1. The zero-order chi connectivity index (χ0) is 18.4. The number of carbonyl (C=O) groups is 2. The molecule has 1 heterocycles. The molecule has 0 fully saturated rings. The van der Waals surface area contributed by atoms with E-state index < -0.39 is 0 Å². The molecule has 1 aliphatic rings. The van der Waals surface area contributed by atoms with Gasteiger partial charge in [-0.1, -0.05) is 24.3 Å². The van der Waals surface area contributed by atoms with Crippen LogP contribution in [-0.4, -0.2) is 37.7 Å². The first-order valence-electron chi connectivity index (χ1n) is 8.26.